The second-order valence-electron chi connectivity index (χ2n) is 11.0. The molecule has 0 spiro atoms. The molecule has 1 aliphatic carbocycles. The fourth-order valence-corrected chi connectivity index (χ4v) is 5.95. The van der Waals surface area contributed by atoms with Crippen LogP contribution in [0.2, 0.25) is 10.0 Å². The van der Waals surface area contributed by atoms with Crippen molar-refractivity contribution in [3.05, 3.63) is 96.0 Å². The number of ketones is 3. The summed E-state index contributed by atoms with van der Waals surface area (Å²) in [6, 6.07) is 11.1. The van der Waals surface area contributed by atoms with Crippen LogP contribution in [0.4, 0.5) is 11.4 Å². The second-order valence-corrected chi connectivity index (χ2v) is 15.5. The van der Waals surface area contributed by atoms with Gasteiger partial charge < -0.3 is 24.4 Å². The molecule has 55 heavy (non-hydrogen) atoms. The van der Waals surface area contributed by atoms with Crippen LogP contribution in [0.1, 0.15) is 40.0 Å². The Labute approximate surface area is 320 Å². The van der Waals surface area contributed by atoms with Crippen LogP contribution in [0.25, 0.3) is 0 Å². The number of hydrogen-bond donors (Lipinski definition) is 4. The molecule has 0 unspecified atom stereocenters. The number of carboxylic acids is 1. The molecule has 3 aromatic rings. The summed E-state index contributed by atoms with van der Waals surface area (Å²) in [5, 5.41) is 32.8. The number of carbonyl (C=O) groups is 5. The first-order chi connectivity index (χ1) is 25.5. The highest BCUT2D eigenvalue weighted by atomic mass is 35.5. The van der Waals surface area contributed by atoms with Crippen LogP contribution in [0.5, 0.6) is 11.5 Å². The summed E-state index contributed by atoms with van der Waals surface area (Å²) in [4.78, 5) is 94.0. The number of sulfone groups is 1. The highest BCUT2D eigenvalue weighted by Gasteiger charge is 2.39. The van der Waals surface area contributed by atoms with Crippen molar-refractivity contribution in [2.75, 3.05) is 26.2 Å². The van der Waals surface area contributed by atoms with Gasteiger partial charge in [-0.2, -0.15) is 0 Å². The molecule has 1 aliphatic rings. The average Bonchev–Trinajstić information content (AvgIpc) is 3.08. The van der Waals surface area contributed by atoms with Gasteiger partial charge in [0.15, 0.2) is 27.2 Å². The van der Waals surface area contributed by atoms with Crippen LogP contribution in [-0.4, -0.2) is 88.6 Å². The quantitative estimate of drug-likeness (QED) is 0.0490. The summed E-state index contributed by atoms with van der Waals surface area (Å²) in [5.41, 5.74) is -1.75. The molecule has 20 nitrogen and oxygen atoms in total. The van der Waals surface area contributed by atoms with Crippen LogP contribution >= 0.6 is 30.8 Å². The lowest BCUT2D eigenvalue weighted by Crippen LogP contribution is -2.35. The molecule has 4 rings (SSSR count). The van der Waals surface area contributed by atoms with Crippen molar-refractivity contribution in [1.82, 2.24) is 5.32 Å². The number of methoxy groups -OCH3 is 1. The zero-order valence-corrected chi connectivity index (χ0v) is 31.6. The largest absolute Gasteiger partial charge is 0.480 e. The van der Waals surface area contributed by atoms with E-state index in [2.05, 4.69) is 10.1 Å². The highest BCUT2D eigenvalue weighted by Crippen LogP contribution is 2.34. The van der Waals surface area contributed by atoms with Gasteiger partial charge in [0.2, 0.25) is 0 Å². The normalized spacial score (nSPS) is 13.0. The number of nitrogens with zero attached hydrogens (tertiary/aromatic N) is 2. The first-order valence-electron chi connectivity index (χ1n) is 15.0. The minimum atomic E-state index is -4.10. The minimum Gasteiger partial charge on any atom is -0.480 e. The molecule has 1 fully saturated rings. The van der Waals surface area contributed by atoms with Gasteiger partial charge in [0.25, 0.3) is 11.4 Å². The monoisotopic (exact) mass is 849 g/mol. The predicted octanol–water partition coefficient (Wildman–Crippen LogP) is 4.40. The number of Topliss-reactive ketones (excluding diaryl/α,β-unsaturated/α-hetero) is 3. The zero-order chi connectivity index (χ0) is 41.8. The van der Waals surface area contributed by atoms with E-state index in [9.17, 15) is 57.2 Å². The molecule has 0 saturated heterocycles. The Hall–Kier alpha value is -5.15. The van der Waals surface area contributed by atoms with Gasteiger partial charge >= 0.3 is 19.5 Å². The van der Waals surface area contributed by atoms with Crippen LogP contribution in [0.15, 0.2) is 59.5 Å². The van der Waals surface area contributed by atoms with E-state index in [0.29, 0.717) is 17.2 Å². The Bertz CT molecular complexity index is 2160. The van der Waals surface area contributed by atoms with Crippen molar-refractivity contribution in [3.63, 3.8) is 0 Å². The third-order valence-electron chi connectivity index (χ3n) is 6.90. The summed E-state index contributed by atoms with van der Waals surface area (Å²) in [6.45, 7) is -0.439. The van der Waals surface area contributed by atoms with Gasteiger partial charge in [-0.15, -0.1) is 0 Å². The number of benzene rings is 3. The first kappa shape index (κ1) is 46.0. The Kier molecular flexibility index (Phi) is 16.7. The number of halogens is 2. The molecular formula is C31H30Cl2N3O17PS. The van der Waals surface area contributed by atoms with E-state index in [0.717, 1.165) is 37.6 Å². The Morgan fingerprint density at radius 1 is 0.927 bits per heavy atom. The van der Waals surface area contributed by atoms with E-state index in [1.165, 1.54) is 18.2 Å². The predicted molar refractivity (Wildman–Crippen MR) is 191 cm³/mol. The van der Waals surface area contributed by atoms with Crippen LogP contribution < -0.4 is 10.1 Å². The lowest BCUT2D eigenvalue weighted by atomic mass is 9.81. The molecule has 0 radical (unpaired) electrons. The van der Waals surface area contributed by atoms with Gasteiger partial charge in [-0.3, -0.25) is 49.3 Å². The minimum absolute atomic E-state index is 0.0668. The van der Waals surface area contributed by atoms with E-state index < -0.39 is 86.6 Å². The first-order valence-corrected chi connectivity index (χ1v) is 19.5. The lowest BCUT2D eigenvalue weighted by molar-refractivity contribution is -0.385. The number of nitro benzene ring substituents is 2. The average molecular weight is 851 g/mol. The number of aliphatic carboxylic acids is 1. The molecular weight excluding hydrogens is 820 g/mol. The second kappa shape index (κ2) is 20.0. The highest BCUT2D eigenvalue weighted by molar-refractivity contribution is 7.90. The van der Waals surface area contributed by atoms with E-state index in [1.54, 1.807) is 12.1 Å². The molecule has 24 heteroatoms. The maximum absolute atomic E-state index is 12.4. The smallest absolute Gasteiger partial charge is 0.345 e. The fourth-order valence-electron chi connectivity index (χ4n) is 4.46. The van der Waals surface area contributed by atoms with Crippen molar-refractivity contribution < 1.29 is 71.2 Å². The van der Waals surface area contributed by atoms with Crippen LogP contribution in [-0.2, 0) is 33.5 Å². The van der Waals surface area contributed by atoms with E-state index in [-0.39, 0.29) is 39.8 Å². The van der Waals surface area contributed by atoms with Crippen molar-refractivity contribution in [2.24, 2.45) is 5.92 Å². The van der Waals surface area contributed by atoms with Gasteiger partial charge in [0, 0.05) is 42.3 Å². The molecule has 0 bridgehead atoms. The SMILES string of the molecule is COC(=O)c1cc(Oc2ccc(Cl)cc2Cl)ccc1[N+](=O)[O-].CS(=O)(=O)c1ccc(C(=O)C2C(=O)CCCC2=O)c([N+](=O)[O-])c1.O=C(O)CNCP(=O)(O)O. The summed E-state index contributed by atoms with van der Waals surface area (Å²) in [7, 11) is -6.66. The van der Waals surface area contributed by atoms with Gasteiger partial charge in [0.05, 0.1) is 45.3 Å². The van der Waals surface area contributed by atoms with Crippen LogP contribution in [0, 0.1) is 26.1 Å². The number of nitrogens with one attached hydrogen (secondary N) is 1. The van der Waals surface area contributed by atoms with Crippen molar-refractivity contribution in [1.29, 1.82) is 0 Å². The number of esters is 1. The number of carbonyl (C=O) groups excluding carboxylic acids is 4. The molecule has 0 aromatic heterocycles. The number of carboxylic acid groups (broad SMARTS) is 1. The summed E-state index contributed by atoms with van der Waals surface area (Å²) < 4.78 is 43.1. The third-order valence-corrected chi connectivity index (χ3v) is 9.17. The maximum Gasteiger partial charge on any atom is 0.345 e. The van der Waals surface area contributed by atoms with Crippen molar-refractivity contribution in [3.8, 4) is 11.5 Å². The number of rotatable bonds is 12. The standard InChI is InChI=1S/C14H9Cl2NO5.C14H13NO7S.C3H8NO5P/c1-21-14(18)10-7-9(3-4-12(10)17(19)20)22-13-5-2-8(15)6-11(13)16;1-23(21,22)8-5-6-9(10(7-8)15(19)20)14(18)13-11(16)3-2-4-12(13)17;5-3(6)1-4-2-10(7,8)9/h2-7H,1H3;5-7,13H,2-4H2,1H3;4H,1-2H2,(H,5,6)(H2,7,8,9). The third kappa shape index (κ3) is 14.2. The molecule has 0 atom stereocenters. The molecule has 296 valence electrons. The Morgan fingerprint density at radius 2 is 1.53 bits per heavy atom. The Morgan fingerprint density at radius 3 is 2.02 bits per heavy atom. The fraction of sp³-hybridized carbons (Fsp3) is 0.258. The number of hydrogen-bond acceptors (Lipinski definition) is 15. The van der Waals surface area contributed by atoms with E-state index in [4.69, 9.17) is 42.8 Å². The van der Waals surface area contributed by atoms with Crippen molar-refractivity contribution in [2.45, 2.75) is 24.2 Å². The summed E-state index contributed by atoms with van der Waals surface area (Å²) in [5.74, 6) is -5.09. The summed E-state index contributed by atoms with van der Waals surface area (Å²) >= 11 is 11.8. The molecule has 0 heterocycles. The van der Waals surface area contributed by atoms with Crippen LogP contribution in [0.3, 0.4) is 0 Å². The summed E-state index contributed by atoms with van der Waals surface area (Å²) in [6.07, 6.45) is 0.770. The molecule has 0 aliphatic heterocycles. The van der Waals surface area contributed by atoms with Crippen molar-refractivity contribution >= 4 is 81.3 Å². The Balaban J connectivity index is 0.000000307. The molecule has 3 aromatic carbocycles. The maximum atomic E-state index is 12.4. The topological polar surface area (TPSA) is 314 Å². The van der Waals surface area contributed by atoms with E-state index in [1.807, 2.05) is 0 Å². The molecule has 0 amide bonds. The zero-order valence-electron chi connectivity index (χ0n) is 28.4. The van der Waals surface area contributed by atoms with E-state index >= 15 is 0 Å². The molecule has 1 saturated carbocycles. The number of ether oxygens (including phenoxy) is 2. The van der Waals surface area contributed by atoms with Gasteiger partial charge in [0.1, 0.15) is 23.0 Å². The molecule has 4 N–H and O–H groups in total. The van der Waals surface area contributed by atoms with Gasteiger partial charge in [-0.05, 0) is 42.8 Å². The van der Waals surface area contributed by atoms with Gasteiger partial charge in [-0.1, -0.05) is 23.2 Å². The lowest BCUT2D eigenvalue weighted by Gasteiger charge is -2.18. The van der Waals surface area contributed by atoms with Gasteiger partial charge in [-0.25, -0.2) is 13.2 Å². The number of nitro groups is 2.